The van der Waals surface area contributed by atoms with Crippen LogP contribution in [-0.4, -0.2) is 53.6 Å². The van der Waals surface area contributed by atoms with E-state index in [0.29, 0.717) is 33.4 Å². The second-order valence-corrected chi connectivity index (χ2v) is 8.17. The Morgan fingerprint density at radius 1 is 1.00 bits per heavy atom. The lowest BCUT2D eigenvalue weighted by atomic mass is 9.97. The van der Waals surface area contributed by atoms with Crippen LogP contribution in [0.4, 0.5) is 5.82 Å². The molecule has 3 aromatic rings. The fourth-order valence-corrected chi connectivity index (χ4v) is 3.80. The summed E-state index contributed by atoms with van der Waals surface area (Å²) in [6, 6.07) is 17.4. The average molecular weight is 462 g/mol. The molecule has 0 radical (unpaired) electrons. The number of carbonyl (C=O) groups excluding carboxylic acids is 2. The van der Waals surface area contributed by atoms with Crippen molar-refractivity contribution in [3.63, 3.8) is 0 Å². The van der Waals surface area contributed by atoms with Crippen molar-refractivity contribution >= 4 is 34.9 Å². The first-order valence-electron chi connectivity index (χ1n) is 10.7. The van der Waals surface area contributed by atoms with Crippen molar-refractivity contribution in [3.05, 3.63) is 94.1 Å². The highest BCUT2D eigenvalue weighted by atomic mass is 35.5. The van der Waals surface area contributed by atoms with Gasteiger partial charge in [-0.25, -0.2) is 4.98 Å². The summed E-state index contributed by atoms with van der Waals surface area (Å²) in [5, 5.41) is 14.9. The van der Waals surface area contributed by atoms with Gasteiger partial charge in [-0.2, -0.15) is 0 Å². The van der Waals surface area contributed by atoms with Crippen molar-refractivity contribution in [3.8, 4) is 0 Å². The van der Waals surface area contributed by atoms with Gasteiger partial charge in [0.25, 0.3) is 5.91 Å². The smallest absolute Gasteiger partial charge is 0.257 e. The topological polar surface area (TPSA) is 98.2 Å². The number of amidine groups is 1. The zero-order chi connectivity index (χ0) is 23.2. The molecule has 1 aliphatic rings. The van der Waals surface area contributed by atoms with Gasteiger partial charge in [0.1, 0.15) is 11.7 Å². The van der Waals surface area contributed by atoms with Gasteiger partial charge in [-0.3, -0.25) is 15.0 Å². The van der Waals surface area contributed by atoms with Gasteiger partial charge >= 0.3 is 0 Å². The van der Waals surface area contributed by atoms with Crippen molar-refractivity contribution in [2.24, 2.45) is 0 Å². The number of benzene rings is 2. The Morgan fingerprint density at radius 3 is 2.39 bits per heavy atom. The number of ketones is 1. The van der Waals surface area contributed by atoms with E-state index in [1.165, 1.54) is 6.20 Å². The maximum Gasteiger partial charge on any atom is 0.257 e. The number of halogens is 1. The van der Waals surface area contributed by atoms with Crippen molar-refractivity contribution in [1.82, 2.24) is 15.2 Å². The average Bonchev–Trinajstić information content (AvgIpc) is 2.86. The first kappa shape index (κ1) is 22.6. The Balaban J connectivity index is 1.44. The molecule has 3 N–H and O–H groups in total. The number of nitrogens with one attached hydrogen (secondary N) is 3. The molecule has 1 fully saturated rings. The van der Waals surface area contributed by atoms with E-state index in [4.69, 9.17) is 17.0 Å². The first-order chi connectivity index (χ1) is 16.0. The molecule has 33 heavy (non-hydrogen) atoms. The summed E-state index contributed by atoms with van der Waals surface area (Å²) in [4.78, 5) is 31.8. The number of Topliss-reactive ketones (excluding diaryl/α,β-unsaturated/α-hetero) is 1. The van der Waals surface area contributed by atoms with Crippen LogP contribution in [0.25, 0.3) is 0 Å². The Labute approximate surface area is 197 Å². The van der Waals surface area contributed by atoms with Crippen molar-refractivity contribution < 1.29 is 9.59 Å². The van der Waals surface area contributed by atoms with E-state index >= 15 is 0 Å². The molecule has 2 heterocycles. The molecule has 7 nitrogen and oxygen atoms in total. The summed E-state index contributed by atoms with van der Waals surface area (Å²) in [6.45, 7) is 3.31. The van der Waals surface area contributed by atoms with E-state index < -0.39 is 0 Å². The SMILES string of the molecule is N=C(c1ccc(C(=O)Cc2ccccc2C(=O)Nc2ccc(Cl)cn2)cc1)N1CCNCC1. The number of nitrogens with zero attached hydrogens (tertiary/aromatic N) is 2. The van der Waals surface area contributed by atoms with E-state index in [1.807, 2.05) is 17.0 Å². The maximum absolute atomic E-state index is 12.9. The minimum atomic E-state index is -0.340. The molecule has 0 bridgehead atoms. The van der Waals surface area contributed by atoms with E-state index in [2.05, 4.69) is 15.6 Å². The zero-order valence-corrected chi connectivity index (χ0v) is 18.7. The number of piperazine rings is 1. The number of pyridine rings is 1. The second kappa shape index (κ2) is 10.4. The van der Waals surface area contributed by atoms with E-state index in [9.17, 15) is 9.59 Å². The van der Waals surface area contributed by atoms with Crippen molar-refractivity contribution in [2.45, 2.75) is 6.42 Å². The van der Waals surface area contributed by atoms with Crippen LogP contribution in [0.1, 0.15) is 31.8 Å². The molecule has 1 amide bonds. The van der Waals surface area contributed by atoms with Gasteiger partial charge in [0.2, 0.25) is 0 Å². The van der Waals surface area contributed by atoms with Gasteiger partial charge in [0.05, 0.1) is 5.02 Å². The molecule has 0 unspecified atom stereocenters. The number of hydrogen-bond acceptors (Lipinski definition) is 5. The van der Waals surface area contributed by atoms with Crippen LogP contribution in [0, 0.1) is 5.41 Å². The molecular formula is C25H24ClN5O2. The number of carbonyl (C=O) groups is 2. The number of rotatable bonds is 6. The lowest BCUT2D eigenvalue weighted by Crippen LogP contribution is -2.46. The second-order valence-electron chi connectivity index (χ2n) is 7.74. The third kappa shape index (κ3) is 5.63. The highest BCUT2D eigenvalue weighted by Gasteiger charge is 2.17. The van der Waals surface area contributed by atoms with Gasteiger partial charge in [-0.05, 0) is 23.8 Å². The van der Waals surface area contributed by atoms with Gasteiger partial charge in [-0.15, -0.1) is 0 Å². The van der Waals surface area contributed by atoms with Crippen LogP contribution in [0.15, 0.2) is 66.9 Å². The number of anilines is 1. The van der Waals surface area contributed by atoms with E-state index in [0.717, 1.165) is 31.7 Å². The van der Waals surface area contributed by atoms with Gasteiger partial charge < -0.3 is 15.5 Å². The number of amides is 1. The monoisotopic (exact) mass is 461 g/mol. The molecule has 168 valence electrons. The van der Waals surface area contributed by atoms with Crippen LogP contribution in [-0.2, 0) is 6.42 Å². The zero-order valence-electron chi connectivity index (χ0n) is 18.0. The van der Waals surface area contributed by atoms with Crippen LogP contribution in [0.5, 0.6) is 0 Å². The third-order valence-electron chi connectivity index (χ3n) is 5.50. The molecule has 0 saturated carbocycles. The maximum atomic E-state index is 12.9. The van der Waals surface area contributed by atoms with E-state index in [1.54, 1.807) is 48.5 Å². The molecule has 0 spiro atoms. The molecule has 1 aliphatic heterocycles. The summed E-state index contributed by atoms with van der Waals surface area (Å²) in [5.74, 6) is 0.412. The van der Waals surface area contributed by atoms with E-state index in [-0.39, 0.29) is 18.1 Å². The molecule has 8 heteroatoms. The van der Waals surface area contributed by atoms with Crippen molar-refractivity contribution in [1.29, 1.82) is 5.41 Å². The predicted molar refractivity (Wildman–Crippen MR) is 129 cm³/mol. The molecular weight excluding hydrogens is 438 g/mol. The third-order valence-corrected chi connectivity index (χ3v) is 5.72. The Bertz CT molecular complexity index is 1160. The lowest BCUT2D eigenvalue weighted by molar-refractivity contribution is 0.0992. The summed E-state index contributed by atoms with van der Waals surface area (Å²) in [6.07, 6.45) is 1.55. The summed E-state index contributed by atoms with van der Waals surface area (Å²) in [7, 11) is 0. The molecule has 4 rings (SSSR count). The van der Waals surface area contributed by atoms with Crippen LogP contribution in [0.3, 0.4) is 0 Å². The largest absolute Gasteiger partial charge is 0.354 e. The molecule has 0 aliphatic carbocycles. The number of hydrogen-bond donors (Lipinski definition) is 3. The molecule has 0 atom stereocenters. The molecule has 2 aromatic carbocycles. The van der Waals surface area contributed by atoms with Gasteiger partial charge in [0.15, 0.2) is 5.78 Å². The van der Waals surface area contributed by atoms with Gasteiger partial charge in [0, 0.05) is 55.5 Å². The Morgan fingerprint density at radius 2 is 1.70 bits per heavy atom. The predicted octanol–water partition coefficient (Wildman–Crippen LogP) is 3.64. The minimum absolute atomic E-state index is 0.0895. The first-order valence-corrected chi connectivity index (χ1v) is 11.1. The van der Waals surface area contributed by atoms with Crippen molar-refractivity contribution in [2.75, 3.05) is 31.5 Å². The minimum Gasteiger partial charge on any atom is -0.354 e. The normalized spacial score (nSPS) is 13.4. The standard InChI is InChI=1S/C25H24ClN5O2/c26-20-9-10-23(29-16-20)30-25(33)21-4-2-1-3-19(21)15-22(32)17-5-7-18(8-6-17)24(27)31-13-11-28-12-14-31/h1-10,16,27-28H,11-15H2,(H,29,30,33). The van der Waals surface area contributed by atoms with Gasteiger partial charge in [-0.1, -0.05) is 54.1 Å². The quantitative estimate of drug-likeness (QED) is 0.296. The molecule has 1 saturated heterocycles. The number of aromatic nitrogens is 1. The Hall–Kier alpha value is -3.55. The fourth-order valence-electron chi connectivity index (χ4n) is 3.69. The van der Waals surface area contributed by atoms with Crippen LogP contribution in [0.2, 0.25) is 5.02 Å². The molecule has 1 aromatic heterocycles. The van der Waals surface area contributed by atoms with Crippen LogP contribution < -0.4 is 10.6 Å². The lowest BCUT2D eigenvalue weighted by Gasteiger charge is -2.29. The summed E-state index contributed by atoms with van der Waals surface area (Å²) in [5.41, 5.74) is 2.37. The highest BCUT2D eigenvalue weighted by molar-refractivity contribution is 6.30. The fraction of sp³-hybridized carbons (Fsp3) is 0.200. The summed E-state index contributed by atoms with van der Waals surface area (Å²) < 4.78 is 0. The van der Waals surface area contributed by atoms with Crippen LogP contribution >= 0.6 is 11.6 Å². The Kier molecular flexibility index (Phi) is 7.12. The summed E-state index contributed by atoms with van der Waals surface area (Å²) >= 11 is 5.84. The highest BCUT2D eigenvalue weighted by Crippen LogP contribution is 2.17.